The molecule has 3 rings (SSSR count). The van der Waals surface area contributed by atoms with Crippen LogP contribution in [0, 0.1) is 0 Å². The zero-order valence-corrected chi connectivity index (χ0v) is 16.1. The quantitative estimate of drug-likeness (QED) is 0.813. The number of aromatic nitrogens is 3. The van der Waals surface area contributed by atoms with Crippen molar-refractivity contribution in [1.29, 1.82) is 0 Å². The third-order valence-corrected chi connectivity index (χ3v) is 4.89. The van der Waals surface area contributed by atoms with E-state index in [4.69, 9.17) is 0 Å². The summed E-state index contributed by atoms with van der Waals surface area (Å²) in [4.78, 5) is 35.8. The van der Waals surface area contributed by atoms with Crippen molar-refractivity contribution in [3.05, 3.63) is 47.3 Å². The van der Waals surface area contributed by atoms with Crippen molar-refractivity contribution >= 4 is 11.8 Å². The predicted octanol–water partition coefficient (Wildman–Crippen LogP) is 2.42. The molecule has 7 heteroatoms. The molecule has 0 unspecified atom stereocenters. The fraction of sp³-hybridized carbons (Fsp3) is 0.500. The van der Waals surface area contributed by atoms with E-state index in [9.17, 15) is 9.59 Å². The average molecular weight is 369 g/mol. The maximum Gasteiger partial charge on any atom is 0.289 e. The summed E-state index contributed by atoms with van der Waals surface area (Å²) in [7, 11) is 1.80. The first kappa shape index (κ1) is 19.1. The Labute approximate surface area is 159 Å². The fourth-order valence-electron chi connectivity index (χ4n) is 3.32. The van der Waals surface area contributed by atoms with Gasteiger partial charge in [-0.1, -0.05) is 19.4 Å². The molecule has 1 N–H and O–H groups in total. The SMILES string of the molecule is CCCCN(C)C(=O)c1nc(C(=O)NCc2cccnc2)c2n1CCCC2. The highest BCUT2D eigenvalue weighted by Crippen LogP contribution is 2.22. The lowest BCUT2D eigenvalue weighted by atomic mass is 10.1. The van der Waals surface area contributed by atoms with E-state index in [2.05, 4.69) is 22.2 Å². The average Bonchev–Trinajstić information content (AvgIpc) is 3.10. The van der Waals surface area contributed by atoms with Crippen LogP contribution in [0.25, 0.3) is 0 Å². The van der Waals surface area contributed by atoms with E-state index >= 15 is 0 Å². The monoisotopic (exact) mass is 369 g/mol. The van der Waals surface area contributed by atoms with Crippen LogP contribution >= 0.6 is 0 Å². The Balaban J connectivity index is 1.80. The fourth-order valence-corrected chi connectivity index (χ4v) is 3.32. The molecule has 0 aliphatic carbocycles. The second-order valence-corrected chi connectivity index (χ2v) is 6.96. The molecule has 7 nitrogen and oxygen atoms in total. The Morgan fingerprint density at radius 3 is 2.93 bits per heavy atom. The Morgan fingerprint density at radius 1 is 1.33 bits per heavy atom. The number of fused-ring (bicyclic) bond motifs is 1. The number of nitrogens with one attached hydrogen (secondary N) is 1. The van der Waals surface area contributed by atoms with Gasteiger partial charge in [0.05, 0.1) is 5.69 Å². The van der Waals surface area contributed by atoms with Gasteiger partial charge in [0, 0.05) is 39.1 Å². The van der Waals surface area contributed by atoms with E-state index in [0.717, 1.165) is 49.9 Å². The van der Waals surface area contributed by atoms with Gasteiger partial charge in [-0.2, -0.15) is 0 Å². The number of imidazole rings is 1. The molecule has 0 radical (unpaired) electrons. The van der Waals surface area contributed by atoms with Gasteiger partial charge in [0.15, 0.2) is 5.82 Å². The number of carbonyl (C=O) groups is 2. The van der Waals surface area contributed by atoms with E-state index < -0.39 is 0 Å². The molecule has 3 heterocycles. The zero-order chi connectivity index (χ0) is 19.2. The molecule has 0 spiro atoms. The lowest BCUT2D eigenvalue weighted by Gasteiger charge is -2.20. The highest BCUT2D eigenvalue weighted by molar-refractivity contribution is 5.97. The van der Waals surface area contributed by atoms with Crippen LogP contribution in [-0.2, 0) is 19.5 Å². The summed E-state index contributed by atoms with van der Waals surface area (Å²) in [5.41, 5.74) is 2.18. The van der Waals surface area contributed by atoms with E-state index in [1.165, 1.54) is 0 Å². The summed E-state index contributed by atoms with van der Waals surface area (Å²) in [6, 6.07) is 3.75. The normalized spacial score (nSPS) is 13.1. The smallest absolute Gasteiger partial charge is 0.289 e. The molecule has 2 aromatic heterocycles. The highest BCUT2D eigenvalue weighted by Gasteiger charge is 2.28. The summed E-state index contributed by atoms with van der Waals surface area (Å²) in [5, 5.41) is 2.90. The predicted molar refractivity (Wildman–Crippen MR) is 102 cm³/mol. The number of amides is 2. The van der Waals surface area contributed by atoms with Gasteiger partial charge in [-0.25, -0.2) is 4.98 Å². The van der Waals surface area contributed by atoms with Crippen molar-refractivity contribution in [1.82, 2.24) is 24.8 Å². The number of rotatable bonds is 7. The first-order valence-corrected chi connectivity index (χ1v) is 9.63. The van der Waals surface area contributed by atoms with Gasteiger partial charge in [0.2, 0.25) is 0 Å². The van der Waals surface area contributed by atoms with Gasteiger partial charge in [0.25, 0.3) is 11.8 Å². The van der Waals surface area contributed by atoms with Gasteiger partial charge >= 0.3 is 0 Å². The number of hydrogen-bond acceptors (Lipinski definition) is 4. The summed E-state index contributed by atoms with van der Waals surface area (Å²) >= 11 is 0. The third kappa shape index (κ3) is 4.35. The number of pyridine rings is 1. The zero-order valence-electron chi connectivity index (χ0n) is 16.1. The van der Waals surface area contributed by atoms with Crippen LogP contribution in [0.15, 0.2) is 24.5 Å². The first-order valence-electron chi connectivity index (χ1n) is 9.63. The number of hydrogen-bond donors (Lipinski definition) is 1. The molecular formula is C20H27N5O2. The standard InChI is InChI=1S/C20H27N5O2/c1-3-4-11-24(2)20(27)18-23-17(16-9-5-6-12-25(16)18)19(26)22-14-15-8-7-10-21-13-15/h7-8,10,13H,3-6,9,11-12,14H2,1-2H3,(H,22,26). The second-order valence-electron chi connectivity index (χ2n) is 6.96. The van der Waals surface area contributed by atoms with E-state index in [1.54, 1.807) is 24.3 Å². The maximum atomic E-state index is 12.8. The van der Waals surface area contributed by atoms with Crippen LogP contribution in [0.5, 0.6) is 0 Å². The Bertz CT molecular complexity index is 800. The molecule has 0 saturated carbocycles. The number of carbonyl (C=O) groups excluding carboxylic acids is 2. The minimum atomic E-state index is -0.236. The van der Waals surface area contributed by atoms with Crippen molar-refractivity contribution in [2.45, 2.75) is 52.1 Å². The lowest BCUT2D eigenvalue weighted by molar-refractivity contribution is 0.0775. The van der Waals surface area contributed by atoms with Crippen LogP contribution in [0.3, 0.4) is 0 Å². The molecule has 2 amide bonds. The van der Waals surface area contributed by atoms with Crippen molar-refractivity contribution in [2.24, 2.45) is 0 Å². The molecule has 27 heavy (non-hydrogen) atoms. The molecular weight excluding hydrogens is 342 g/mol. The lowest BCUT2D eigenvalue weighted by Crippen LogP contribution is -2.31. The summed E-state index contributed by atoms with van der Waals surface area (Å²) in [5.74, 6) is 0.0347. The topological polar surface area (TPSA) is 80.1 Å². The largest absolute Gasteiger partial charge is 0.347 e. The van der Waals surface area contributed by atoms with Gasteiger partial charge in [-0.05, 0) is 37.3 Å². The van der Waals surface area contributed by atoms with Crippen LogP contribution in [0.4, 0.5) is 0 Å². The van der Waals surface area contributed by atoms with Crippen molar-refractivity contribution in [2.75, 3.05) is 13.6 Å². The van der Waals surface area contributed by atoms with E-state index in [0.29, 0.717) is 24.6 Å². The number of nitrogens with zero attached hydrogens (tertiary/aromatic N) is 4. The Morgan fingerprint density at radius 2 is 2.19 bits per heavy atom. The molecule has 0 atom stereocenters. The van der Waals surface area contributed by atoms with Crippen LogP contribution < -0.4 is 5.32 Å². The van der Waals surface area contributed by atoms with Gasteiger partial charge in [0.1, 0.15) is 5.69 Å². The summed E-state index contributed by atoms with van der Waals surface area (Å²) in [6.07, 6.45) is 8.18. The molecule has 0 bridgehead atoms. The number of unbranched alkanes of at least 4 members (excludes halogenated alkanes) is 1. The van der Waals surface area contributed by atoms with Gasteiger partial charge in [-0.3, -0.25) is 14.6 Å². The Kier molecular flexibility index (Phi) is 6.21. The van der Waals surface area contributed by atoms with Crippen LogP contribution in [0.2, 0.25) is 0 Å². The maximum absolute atomic E-state index is 12.8. The van der Waals surface area contributed by atoms with Crippen molar-refractivity contribution < 1.29 is 9.59 Å². The van der Waals surface area contributed by atoms with E-state index in [1.807, 2.05) is 16.7 Å². The highest BCUT2D eigenvalue weighted by atomic mass is 16.2. The Hall–Kier alpha value is -2.70. The summed E-state index contributed by atoms with van der Waals surface area (Å²) < 4.78 is 1.94. The minimum Gasteiger partial charge on any atom is -0.347 e. The molecule has 0 fully saturated rings. The molecule has 1 aliphatic heterocycles. The van der Waals surface area contributed by atoms with Crippen molar-refractivity contribution in [3.8, 4) is 0 Å². The van der Waals surface area contributed by atoms with Gasteiger partial charge in [-0.15, -0.1) is 0 Å². The van der Waals surface area contributed by atoms with Gasteiger partial charge < -0.3 is 14.8 Å². The minimum absolute atomic E-state index is 0.113. The third-order valence-electron chi connectivity index (χ3n) is 4.89. The van der Waals surface area contributed by atoms with E-state index in [-0.39, 0.29) is 11.8 Å². The van der Waals surface area contributed by atoms with Crippen molar-refractivity contribution in [3.63, 3.8) is 0 Å². The second kappa shape index (κ2) is 8.79. The molecule has 0 aromatic carbocycles. The van der Waals surface area contributed by atoms with Crippen LogP contribution in [-0.4, -0.2) is 44.8 Å². The molecule has 1 aliphatic rings. The van der Waals surface area contributed by atoms with Crippen LogP contribution in [0.1, 0.15) is 65.0 Å². The molecule has 0 saturated heterocycles. The molecule has 2 aromatic rings. The molecule has 144 valence electrons. The first-order chi connectivity index (χ1) is 13.1. The summed E-state index contributed by atoms with van der Waals surface area (Å²) in [6.45, 7) is 3.92.